The molecule has 0 saturated heterocycles. The topological polar surface area (TPSA) is 12.9 Å². The first-order valence-electron chi connectivity index (χ1n) is 5.57. The van der Waals surface area contributed by atoms with Gasteiger partial charge < -0.3 is 0 Å². The number of nitrogens with zero attached hydrogens (tertiary/aromatic N) is 1. The van der Waals surface area contributed by atoms with E-state index in [1.807, 2.05) is 25.3 Å². The summed E-state index contributed by atoms with van der Waals surface area (Å²) in [6.07, 6.45) is 2.66. The van der Waals surface area contributed by atoms with Crippen LogP contribution in [0.5, 0.6) is 0 Å². The molecule has 0 aliphatic carbocycles. The van der Waals surface area contributed by atoms with Crippen molar-refractivity contribution in [2.45, 2.75) is 18.2 Å². The van der Waals surface area contributed by atoms with Crippen LogP contribution >= 0.6 is 38.5 Å². The second-order valence-corrected chi connectivity index (χ2v) is 6.43. The molecule has 0 aliphatic heterocycles. The molecule has 0 bridgehead atoms. The SMILES string of the molecule is Cc1ccc(CC(Br)c2ccc(F)cc2I)nc1. The van der Waals surface area contributed by atoms with E-state index in [0.717, 1.165) is 26.8 Å². The molecule has 1 heterocycles. The summed E-state index contributed by atoms with van der Waals surface area (Å²) >= 11 is 5.81. The van der Waals surface area contributed by atoms with E-state index in [9.17, 15) is 4.39 Å². The number of pyridine rings is 1. The van der Waals surface area contributed by atoms with Gasteiger partial charge in [-0.1, -0.05) is 28.1 Å². The van der Waals surface area contributed by atoms with Gasteiger partial charge in [0.1, 0.15) is 5.82 Å². The molecule has 0 aliphatic rings. The number of alkyl halides is 1. The molecular weight excluding hydrogens is 408 g/mol. The Balaban J connectivity index is 2.16. The van der Waals surface area contributed by atoms with Crippen LogP contribution in [0.25, 0.3) is 0 Å². The van der Waals surface area contributed by atoms with Gasteiger partial charge in [0.05, 0.1) is 0 Å². The first kappa shape index (κ1) is 13.9. The van der Waals surface area contributed by atoms with Gasteiger partial charge in [0, 0.05) is 26.7 Å². The number of rotatable bonds is 3. The second-order valence-electron chi connectivity index (χ2n) is 4.16. The van der Waals surface area contributed by atoms with E-state index in [1.165, 1.54) is 6.07 Å². The highest BCUT2D eigenvalue weighted by Crippen LogP contribution is 2.30. The number of halogens is 3. The first-order valence-corrected chi connectivity index (χ1v) is 7.56. The zero-order valence-corrected chi connectivity index (χ0v) is 13.6. The summed E-state index contributed by atoms with van der Waals surface area (Å²) in [5.74, 6) is -0.198. The zero-order valence-electron chi connectivity index (χ0n) is 9.83. The summed E-state index contributed by atoms with van der Waals surface area (Å²) < 4.78 is 14.0. The van der Waals surface area contributed by atoms with Crippen molar-refractivity contribution >= 4 is 38.5 Å². The Morgan fingerprint density at radius 3 is 2.72 bits per heavy atom. The fraction of sp³-hybridized carbons (Fsp3) is 0.214. The van der Waals surface area contributed by atoms with Crippen LogP contribution in [0.1, 0.15) is 21.6 Å². The molecule has 0 amide bonds. The van der Waals surface area contributed by atoms with Crippen molar-refractivity contribution in [1.29, 1.82) is 0 Å². The average Bonchev–Trinajstić information content (AvgIpc) is 2.32. The van der Waals surface area contributed by atoms with Crippen molar-refractivity contribution in [3.63, 3.8) is 0 Å². The zero-order chi connectivity index (χ0) is 13.1. The Kier molecular flexibility index (Phi) is 4.72. The molecule has 1 aromatic carbocycles. The summed E-state index contributed by atoms with van der Waals surface area (Å²) in [6, 6.07) is 8.95. The monoisotopic (exact) mass is 419 g/mol. The van der Waals surface area contributed by atoms with Crippen molar-refractivity contribution in [2.75, 3.05) is 0 Å². The van der Waals surface area contributed by atoms with Crippen LogP contribution in [-0.4, -0.2) is 4.98 Å². The van der Waals surface area contributed by atoms with Gasteiger partial charge in [0.2, 0.25) is 0 Å². The highest BCUT2D eigenvalue weighted by molar-refractivity contribution is 14.1. The van der Waals surface area contributed by atoms with E-state index in [0.29, 0.717) is 0 Å². The smallest absolute Gasteiger partial charge is 0.124 e. The Hall–Kier alpha value is -0.490. The third-order valence-corrected chi connectivity index (χ3v) is 4.41. The lowest BCUT2D eigenvalue weighted by Gasteiger charge is -2.12. The Labute approximate surface area is 128 Å². The maximum Gasteiger partial charge on any atom is 0.124 e. The number of benzene rings is 1. The predicted molar refractivity (Wildman–Crippen MR) is 83.5 cm³/mol. The lowest BCUT2D eigenvalue weighted by Crippen LogP contribution is -2.00. The van der Waals surface area contributed by atoms with Crippen molar-refractivity contribution in [3.05, 3.63) is 62.7 Å². The number of aryl methyl sites for hydroxylation is 1. The average molecular weight is 420 g/mol. The molecular formula is C14H12BrFIN. The number of aromatic nitrogens is 1. The molecule has 2 aromatic rings. The molecule has 0 spiro atoms. The van der Waals surface area contributed by atoms with E-state index in [-0.39, 0.29) is 10.6 Å². The van der Waals surface area contributed by atoms with Gasteiger partial charge in [0.15, 0.2) is 0 Å². The summed E-state index contributed by atoms with van der Waals surface area (Å²) in [6.45, 7) is 2.02. The predicted octanol–water partition coefficient (Wildman–Crippen LogP) is 4.81. The minimum absolute atomic E-state index is 0.153. The van der Waals surface area contributed by atoms with Gasteiger partial charge in [-0.2, -0.15) is 0 Å². The van der Waals surface area contributed by atoms with Gasteiger partial charge in [-0.05, 0) is 58.8 Å². The van der Waals surface area contributed by atoms with Gasteiger partial charge in [0.25, 0.3) is 0 Å². The van der Waals surface area contributed by atoms with E-state index >= 15 is 0 Å². The first-order chi connectivity index (χ1) is 8.56. The van der Waals surface area contributed by atoms with Crippen molar-refractivity contribution in [2.24, 2.45) is 0 Å². The maximum absolute atomic E-state index is 13.0. The second kappa shape index (κ2) is 6.10. The number of hydrogen-bond acceptors (Lipinski definition) is 1. The molecule has 1 aromatic heterocycles. The van der Waals surface area contributed by atoms with E-state index in [2.05, 4.69) is 49.6 Å². The molecule has 0 saturated carbocycles. The van der Waals surface area contributed by atoms with E-state index < -0.39 is 0 Å². The quantitative estimate of drug-likeness (QED) is 0.513. The molecule has 0 N–H and O–H groups in total. The summed E-state index contributed by atoms with van der Waals surface area (Å²) in [5.41, 5.74) is 3.28. The molecule has 18 heavy (non-hydrogen) atoms. The highest BCUT2D eigenvalue weighted by Gasteiger charge is 2.13. The summed E-state index contributed by atoms with van der Waals surface area (Å²) in [7, 11) is 0. The molecule has 94 valence electrons. The molecule has 1 atom stereocenters. The summed E-state index contributed by atoms with van der Waals surface area (Å²) in [5, 5.41) is 0. The van der Waals surface area contributed by atoms with Crippen LogP contribution in [0.3, 0.4) is 0 Å². The van der Waals surface area contributed by atoms with Gasteiger partial charge in [-0.15, -0.1) is 0 Å². The third-order valence-electron chi connectivity index (χ3n) is 2.66. The summed E-state index contributed by atoms with van der Waals surface area (Å²) in [4.78, 5) is 4.54. The van der Waals surface area contributed by atoms with Crippen LogP contribution in [0.2, 0.25) is 0 Å². The fourth-order valence-corrected chi connectivity index (χ4v) is 3.68. The largest absolute Gasteiger partial charge is 0.261 e. The van der Waals surface area contributed by atoms with Crippen molar-refractivity contribution in [3.8, 4) is 0 Å². The Morgan fingerprint density at radius 1 is 1.33 bits per heavy atom. The highest BCUT2D eigenvalue weighted by atomic mass is 127. The van der Waals surface area contributed by atoms with Crippen LogP contribution in [-0.2, 0) is 6.42 Å². The minimum atomic E-state index is -0.198. The standard InChI is InChI=1S/C14H12BrFIN/c1-9-2-4-11(18-8-9)7-13(15)12-5-3-10(16)6-14(12)17/h2-6,8,13H,7H2,1H3. The van der Waals surface area contributed by atoms with Gasteiger partial charge >= 0.3 is 0 Å². The Bertz CT molecular complexity index is 542. The van der Waals surface area contributed by atoms with Crippen LogP contribution in [0.4, 0.5) is 4.39 Å². The molecule has 1 unspecified atom stereocenters. The minimum Gasteiger partial charge on any atom is -0.261 e. The third kappa shape index (κ3) is 3.51. The molecule has 2 rings (SSSR count). The van der Waals surface area contributed by atoms with Crippen LogP contribution < -0.4 is 0 Å². The lowest BCUT2D eigenvalue weighted by molar-refractivity contribution is 0.625. The number of hydrogen-bond donors (Lipinski definition) is 0. The molecule has 0 radical (unpaired) electrons. The fourth-order valence-electron chi connectivity index (χ4n) is 1.67. The van der Waals surface area contributed by atoms with Gasteiger partial charge in [-0.3, -0.25) is 4.98 Å². The van der Waals surface area contributed by atoms with Crippen LogP contribution in [0, 0.1) is 16.3 Å². The molecule has 0 fully saturated rings. The van der Waals surface area contributed by atoms with E-state index in [1.54, 1.807) is 6.07 Å². The van der Waals surface area contributed by atoms with Crippen LogP contribution in [0.15, 0.2) is 36.5 Å². The van der Waals surface area contributed by atoms with Crippen molar-refractivity contribution in [1.82, 2.24) is 4.98 Å². The normalized spacial score (nSPS) is 12.4. The van der Waals surface area contributed by atoms with Crippen molar-refractivity contribution < 1.29 is 4.39 Å². The molecule has 4 heteroatoms. The lowest BCUT2D eigenvalue weighted by atomic mass is 10.1. The van der Waals surface area contributed by atoms with Gasteiger partial charge in [-0.25, -0.2) is 4.39 Å². The molecule has 1 nitrogen and oxygen atoms in total. The van der Waals surface area contributed by atoms with E-state index in [4.69, 9.17) is 0 Å². The maximum atomic E-state index is 13.0. The Morgan fingerprint density at radius 2 is 2.11 bits per heavy atom.